The highest BCUT2D eigenvalue weighted by atomic mass is 19.2. The number of fused-ring (bicyclic) bond motifs is 4. The summed E-state index contributed by atoms with van der Waals surface area (Å²) in [6, 6.07) is 49.0. The van der Waals surface area contributed by atoms with Gasteiger partial charge in [0.05, 0.1) is 74.7 Å². The molecular weight excluding hydrogens is 1770 g/mol. The molecular formula is C111H121F4N12O12+. The molecule has 0 amide bonds. The van der Waals surface area contributed by atoms with Crippen molar-refractivity contribution < 1.29 is 81.4 Å². The summed E-state index contributed by atoms with van der Waals surface area (Å²) >= 11 is 0. The van der Waals surface area contributed by atoms with Crippen molar-refractivity contribution in [3.8, 4) is 0 Å². The molecule has 3 saturated carbocycles. The molecule has 3 aliphatic carbocycles. The van der Waals surface area contributed by atoms with Gasteiger partial charge in [0.25, 0.3) is 0 Å². The van der Waals surface area contributed by atoms with E-state index in [1.54, 1.807) is 73.5 Å². The second-order valence-corrected chi connectivity index (χ2v) is 41.5. The average Bonchev–Trinajstić information content (AvgIpc) is 1.54. The molecule has 12 heterocycles. The Labute approximate surface area is 805 Å². The second kappa shape index (κ2) is 38.1. The summed E-state index contributed by atoms with van der Waals surface area (Å²) in [6.07, 6.45) is 26.6. The molecule has 4 saturated heterocycles. The fourth-order valence-electron chi connectivity index (χ4n) is 22.3. The Morgan fingerprint density at radius 2 is 0.734 bits per heavy atom. The lowest BCUT2D eigenvalue weighted by molar-refractivity contribution is -0.920. The van der Waals surface area contributed by atoms with E-state index in [2.05, 4.69) is 152 Å². The number of carbonyl (C=O) groups is 4. The number of hydrogen-bond acceptors (Lipinski definition) is 15. The number of carboxylic acids is 4. The maximum absolute atomic E-state index is 14.8. The van der Waals surface area contributed by atoms with Crippen molar-refractivity contribution in [1.29, 1.82) is 0 Å². The Hall–Kier alpha value is -12.8. The van der Waals surface area contributed by atoms with Crippen LogP contribution in [-0.4, -0.2) is 175 Å². The number of oxime groups is 4. The summed E-state index contributed by atoms with van der Waals surface area (Å²) in [7, 11) is 0. The van der Waals surface area contributed by atoms with Crippen LogP contribution < -0.4 is 4.90 Å². The van der Waals surface area contributed by atoms with Gasteiger partial charge < -0.3 is 62.9 Å². The number of halogens is 4. The minimum atomic E-state index is -1.81. The number of aromatic carboxylic acids is 4. The normalized spacial score (nSPS) is 20.5. The fourth-order valence-corrected chi connectivity index (χ4v) is 22.3. The molecule has 12 aromatic rings. The van der Waals surface area contributed by atoms with Crippen LogP contribution in [0.1, 0.15) is 296 Å². The Morgan fingerprint density at radius 1 is 0.381 bits per heavy atom. The van der Waals surface area contributed by atoms with E-state index in [-0.39, 0.29) is 45.9 Å². The molecule has 24 nitrogen and oxygen atoms in total. The number of benzene rings is 8. The molecule has 724 valence electrons. The van der Waals surface area contributed by atoms with Crippen LogP contribution in [0, 0.1) is 30.2 Å². The molecule has 0 bridgehead atoms. The Balaban J connectivity index is 0.000000114. The minimum absolute atomic E-state index is 0.194. The SMILES string of the molecule is CC(C)n1cc(CN2CCC3(CC2)CC(c2ccc(C(=O)O)cc2)=NO3)c2c(C3CC3)cccc21.CC(C)n1cc(CN2CCC3(CC2)CC(c2ccc(C(=O)O)cc2)=NO3)c2c(F)c(F)c(F)c(F)c21.CC(C)n1cc(CN2CCC3(CC2)CC(c2ccc(C(=O)O)cc2)=NO3)c2cccc(C3CC3)c21.Cc1cccc2c(C[NH+]3CCC4(CC3)CC(c3ccc(C(=O)O)cc3)=NO4)cn(C3CC3)c12. The number of nitrogens with one attached hydrogen (secondary N) is 1. The van der Waals surface area contributed by atoms with Gasteiger partial charge in [0.2, 0.25) is 0 Å². The first-order valence-corrected chi connectivity index (χ1v) is 49.5. The van der Waals surface area contributed by atoms with Gasteiger partial charge in [-0.2, -0.15) is 0 Å². The third-order valence-electron chi connectivity index (χ3n) is 30.8. The van der Waals surface area contributed by atoms with Crippen molar-refractivity contribution in [2.45, 2.75) is 249 Å². The number of aryl methyl sites for hydroxylation is 1. The van der Waals surface area contributed by atoms with Crippen LogP contribution in [0.3, 0.4) is 0 Å². The maximum Gasteiger partial charge on any atom is 0.335 e. The van der Waals surface area contributed by atoms with Gasteiger partial charge in [0.1, 0.15) is 23.3 Å². The smallest absolute Gasteiger partial charge is 0.335 e. The first kappa shape index (κ1) is 93.9. The first-order chi connectivity index (χ1) is 67.0. The average molecular weight is 1890 g/mol. The van der Waals surface area contributed by atoms with Gasteiger partial charge >= 0.3 is 23.9 Å². The number of likely N-dealkylation sites (tertiary alicyclic amines) is 4. The highest BCUT2D eigenvalue weighted by Gasteiger charge is 2.48. The molecule has 5 N–H and O–H groups in total. The van der Waals surface area contributed by atoms with Crippen LogP contribution in [0.25, 0.3) is 43.6 Å². The molecule has 23 rings (SSSR count). The molecule has 0 radical (unpaired) electrons. The standard InChI is InChI=1S/2C29H33N3O3.C27H29N3O3.C26H25F4N3O3/c1-19(2)32-18-23(27-24(20-6-7-20)4-3-5-26(27)32)17-31-14-12-29(13-15-31)16-25(30-35-29)21-8-10-22(11-9-21)28(33)34;1-19(2)32-18-23(25-5-3-4-24(27(25)32)20-6-7-20)17-31-14-12-29(13-15-31)16-26(30-35-29)21-8-10-22(11-9-21)28(33)34;1-18-3-2-4-23-21(17-30(25(18)23)22-9-10-22)16-29-13-11-27(12-14-29)15-24(28-33-27)19-5-7-20(8-6-19)26(31)32;1-14(2)33-13-17(19-20(27)21(28)22(29)23(30)24(19)33)12-32-9-7-26(8-10-32)11-18(31-36-26)15-3-5-16(6-4-15)25(34)35/h2*3-5,8-11,18-20H,6-7,12-17H2,1-2H3,(H,33,34);2-8,17,22H,9-16H2,1H3,(H,31,32);3-6,13-14H,7-12H2,1-2H3,(H,34,35)/p+1. The van der Waals surface area contributed by atoms with Crippen LogP contribution in [0.4, 0.5) is 17.6 Å². The number of quaternary nitrogens is 1. The largest absolute Gasteiger partial charge is 0.478 e. The van der Waals surface area contributed by atoms with E-state index in [0.29, 0.717) is 72.7 Å². The van der Waals surface area contributed by atoms with Crippen LogP contribution in [0.5, 0.6) is 0 Å². The zero-order valence-corrected chi connectivity index (χ0v) is 79.9. The molecule has 7 fully saturated rings. The summed E-state index contributed by atoms with van der Waals surface area (Å²) in [5.74, 6) is -8.63. The lowest BCUT2D eigenvalue weighted by Crippen LogP contribution is -3.12. The predicted molar refractivity (Wildman–Crippen MR) is 526 cm³/mol. The van der Waals surface area contributed by atoms with Gasteiger partial charge in [0, 0.05) is 218 Å². The quantitative estimate of drug-likeness (QED) is 0.0240. The molecule has 8 aliphatic heterocycles. The van der Waals surface area contributed by atoms with E-state index in [9.17, 15) is 36.7 Å². The van der Waals surface area contributed by atoms with Crippen molar-refractivity contribution in [3.63, 3.8) is 0 Å². The summed E-state index contributed by atoms with van der Waals surface area (Å²) in [6.45, 7) is 25.3. The Bertz CT molecular complexity index is 6840. The number of hydrogen-bond donors (Lipinski definition) is 5. The number of piperidine rings is 4. The summed E-state index contributed by atoms with van der Waals surface area (Å²) in [5.41, 5.74) is 20.2. The number of aromatic nitrogens is 4. The van der Waals surface area contributed by atoms with Crippen molar-refractivity contribution in [2.75, 3.05) is 52.4 Å². The summed E-state index contributed by atoms with van der Waals surface area (Å²) < 4.78 is 66.3. The van der Waals surface area contributed by atoms with Crippen molar-refractivity contribution >= 4 is 90.3 Å². The lowest BCUT2D eigenvalue weighted by Gasteiger charge is -2.37. The minimum Gasteiger partial charge on any atom is -0.478 e. The van der Waals surface area contributed by atoms with Crippen molar-refractivity contribution in [2.24, 2.45) is 20.6 Å². The van der Waals surface area contributed by atoms with Gasteiger partial charge in [0.15, 0.2) is 28.9 Å². The second-order valence-electron chi connectivity index (χ2n) is 41.5. The van der Waals surface area contributed by atoms with Gasteiger partial charge in [-0.15, -0.1) is 0 Å². The van der Waals surface area contributed by atoms with Crippen molar-refractivity contribution in [1.82, 2.24) is 33.0 Å². The topological polar surface area (TPSA) is 269 Å². The first-order valence-electron chi connectivity index (χ1n) is 49.5. The monoisotopic (exact) mass is 1890 g/mol. The zero-order valence-electron chi connectivity index (χ0n) is 79.9. The highest BCUT2D eigenvalue weighted by molar-refractivity contribution is 6.05. The molecule has 11 aliphatic rings. The van der Waals surface area contributed by atoms with Gasteiger partial charge in [-0.3, -0.25) is 14.7 Å². The van der Waals surface area contributed by atoms with E-state index in [1.165, 1.54) is 121 Å². The number of rotatable bonds is 22. The maximum atomic E-state index is 14.8. The third-order valence-corrected chi connectivity index (χ3v) is 30.8. The van der Waals surface area contributed by atoms with Crippen LogP contribution >= 0.6 is 0 Å². The van der Waals surface area contributed by atoms with Gasteiger partial charge in [-0.25, -0.2) is 36.7 Å². The van der Waals surface area contributed by atoms with Crippen LogP contribution in [-0.2, 0) is 45.5 Å². The van der Waals surface area contributed by atoms with Gasteiger partial charge in [-0.05, 0) is 209 Å². The molecule has 0 unspecified atom stereocenters. The molecule has 4 aromatic heterocycles. The third kappa shape index (κ3) is 19.3. The van der Waals surface area contributed by atoms with E-state index < -0.39 is 52.7 Å². The van der Waals surface area contributed by atoms with Crippen molar-refractivity contribution in [3.05, 3.63) is 283 Å². The fraction of sp³-hybridized carbons (Fsp3) is 0.423. The van der Waals surface area contributed by atoms with Crippen LogP contribution in [0.15, 0.2) is 197 Å². The van der Waals surface area contributed by atoms with E-state index in [4.69, 9.17) is 39.8 Å². The zero-order chi connectivity index (χ0) is 96.7. The number of nitrogens with zero attached hydrogens (tertiary/aromatic N) is 11. The summed E-state index contributed by atoms with van der Waals surface area (Å²) in [4.78, 5) is 77.1. The highest BCUT2D eigenvalue weighted by Crippen LogP contribution is 2.49. The van der Waals surface area contributed by atoms with Gasteiger partial charge in [-0.1, -0.05) is 118 Å². The predicted octanol–water partition coefficient (Wildman–Crippen LogP) is 21.3. The molecule has 4 spiro atoms. The van der Waals surface area contributed by atoms with E-state index in [0.717, 1.165) is 174 Å². The Morgan fingerprint density at radius 3 is 1.14 bits per heavy atom. The lowest BCUT2D eigenvalue weighted by atomic mass is 9.85. The van der Waals surface area contributed by atoms with Crippen LogP contribution in [0.2, 0.25) is 0 Å². The number of para-hydroxylation sites is 2. The molecule has 139 heavy (non-hydrogen) atoms. The summed E-state index contributed by atoms with van der Waals surface area (Å²) in [5, 5.41) is 58.0. The molecule has 28 heteroatoms. The molecule has 8 aromatic carbocycles. The van der Waals surface area contributed by atoms with E-state index >= 15 is 0 Å². The molecule has 0 atom stereocenters. The Kier molecular flexibility index (Phi) is 25.7. The van der Waals surface area contributed by atoms with E-state index in [1.807, 2.05) is 41.3 Å². The number of carboxylic acid groups (broad SMARTS) is 4.